The van der Waals surface area contributed by atoms with E-state index in [0.29, 0.717) is 18.9 Å². The summed E-state index contributed by atoms with van der Waals surface area (Å²) in [7, 11) is 3.11. The number of hydrogen-bond acceptors (Lipinski definition) is 7. The highest BCUT2D eigenvalue weighted by Crippen LogP contribution is 2.32. The lowest BCUT2D eigenvalue weighted by Crippen LogP contribution is -2.52. The average Bonchev–Trinajstić information content (AvgIpc) is 3.11. The van der Waals surface area contributed by atoms with E-state index in [0.717, 1.165) is 50.7 Å². The molecule has 0 aromatic carbocycles. The molecule has 4 aliphatic rings. The predicted molar refractivity (Wildman–Crippen MR) is 125 cm³/mol. The lowest BCUT2D eigenvalue weighted by atomic mass is 9.80. The summed E-state index contributed by atoms with van der Waals surface area (Å²) in [6, 6.07) is -0.401. The van der Waals surface area contributed by atoms with Gasteiger partial charge in [-0.15, -0.1) is 0 Å². The van der Waals surface area contributed by atoms with Crippen molar-refractivity contribution in [1.82, 2.24) is 20.5 Å². The van der Waals surface area contributed by atoms with Crippen molar-refractivity contribution in [1.29, 1.82) is 0 Å². The summed E-state index contributed by atoms with van der Waals surface area (Å²) in [6.45, 7) is 2.52. The van der Waals surface area contributed by atoms with Gasteiger partial charge in [-0.1, -0.05) is 0 Å². The van der Waals surface area contributed by atoms with Crippen LogP contribution in [0.5, 0.6) is 0 Å². The molecule has 0 aromatic heterocycles. The van der Waals surface area contributed by atoms with Crippen LogP contribution in [0.2, 0.25) is 0 Å². The molecule has 10 heteroatoms. The zero-order valence-corrected chi connectivity index (χ0v) is 20.4. The van der Waals surface area contributed by atoms with E-state index in [4.69, 9.17) is 4.74 Å². The van der Waals surface area contributed by atoms with Crippen LogP contribution in [0, 0.1) is 11.8 Å². The van der Waals surface area contributed by atoms with Crippen molar-refractivity contribution in [3.05, 3.63) is 0 Å². The number of nitrogens with one attached hydrogen (secondary N) is 2. The van der Waals surface area contributed by atoms with Gasteiger partial charge in [0, 0.05) is 37.3 Å². The molecule has 34 heavy (non-hydrogen) atoms. The van der Waals surface area contributed by atoms with E-state index in [9.17, 15) is 19.2 Å². The zero-order chi connectivity index (χ0) is 24.4. The lowest BCUT2D eigenvalue weighted by Gasteiger charge is -2.38. The fourth-order valence-electron chi connectivity index (χ4n) is 5.98. The highest BCUT2D eigenvalue weighted by atomic mass is 16.5. The predicted octanol–water partition coefficient (Wildman–Crippen LogP) is 0.800. The molecule has 0 aromatic rings. The van der Waals surface area contributed by atoms with Crippen molar-refractivity contribution < 1.29 is 23.9 Å². The minimum Gasteiger partial charge on any atom is -0.469 e. The molecule has 0 bridgehead atoms. The minimum atomic E-state index is -0.600. The number of likely N-dealkylation sites (N-methyl/N-ethyl adjacent to an activating group) is 1. The summed E-state index contributed by atoms with van der Waals surface area (Å²) >= 11 is 0. The van der Waals surface area contributed by atoms with Crippen LogP contribution < -0.4 is 10.6 Å². The van der Waals surface area contributed by atoms with Crippen LogP contribution in [0.4, 0.5) is 0 Å². The third-order valence-electron chi connectivity index (χ3n) is 7.89. The van der Waals surface area contributed by atoms with Gasteiger partial charge >= 0.3 is 5.97 Å². The van der Waals surface area contributed by atoms with Crippen LogP contribution in [0.25, 0.3) is 0 Å². The summed E-state index contributed by atoms with van der Waals surface area (Å²) < 4.78 is 4.77. The van der Waals surface area contributed by atoms with Gasteiger partial charge in [0.1, 0.15) is 0 Å². The van der Waals surface area contributed by atoms with Crippen LogP contribution in [0.1, 0.15) is 64.7 Å². The van der Waals surface area contributed by atoms with Gasteiger partial charge in [0.25, 0.3) is 0 Å². The van der Waals surface area contributed by atoms with Gasteiger partial charge in [0.2, 0.25) is 17.7 Å². The maximum absolute atomic E-state index is 13.0. The first-order chi connectivity index (χ1) is 16.2. The molecule has 2 saturated carbocycles. The minimum absolute atomic E-state index is 0.00620. The summed E-state index contributed by atoms with van der Waals surface area (Å²) in [6.07, 6.45) is 6.03. The summed E-state index contributed by atoms with van der Waals surface area (Å²) in [5.41, 5.74) is 0.856. The number of amides is 3. The highest BCUT2D eigenvalue weighted by molar-refractivity contribution is 6.03. The van der Waals surface area contributed by atoms with Gasteiger partial charge in [-0.3, -0.25) is 19.2 Å². The molecule has 4 unspecified atom stereocenters. The van der Waals surface area contributed by atoms with E-state index in [1.807, 2.05) is 6.92 Å². The zero-order valence-electron chi connectivity index (χ0n) is 20.4. The fraction of sp³-hybridized carbons (Fsp3) is 0.792. The molecule has 1 saturated heterocycles. The molecule has 2 heterocycles. The summed E-state index contributed by atoms with van der Waals surface area (Å²) in [4.78, 5) is 51.4. The number of carbonyl (C=O) groups is 4. The third-order valence-corrected chi connectivity index (χ3v) is 7.89. The molecular formula is C24H37N5O5. The number of carbonyl (C=O) groups excluding carboxylic acids is 4. The van der Waals surface area contributed by atoms with E-state index in [1.54, 1.807) is 17.0 Å². The van der Waals surface area contributed by atoms with Gasteiger partial charge in [0.05, 0.1) is 32.0 Å². The Labute approximate surface area is 200 Å². The van der Waals surface area contributed by atoms with Crippen LogP contribution in [0.15, 0.2) is 5.10 Å². The fourth-order valence-corrected chi connectivity index (χ4v) is 5.98. The second-order valence-corrected chi connectivity index (χ2v) is 10.4. The Balaban J connectivity index is 1.29. The second-order valence-electron chi connectivity index (χ2n) is 10.4. The van der Waals surface area contributed by atoms with Crippen molar-refractivity contribution in [2.75, 3.05) is 20.7 Å². The SMILES string of the molecule is COC(=O)CC1NC2CC(NC(=O)C3CCC(N4N=C(C)CC4=O)CC3)CCC2CN(C)C1=O. The van der Waals surface area contributed by atoms with E-state index in [-0.39, 0.29) is 48.2 Å². The number of nitrogens with zero attached hydrogens (tertiary/aromatic N) is 3. The summed E-state index contributed by atoms with van der Waals surface area (Å²) in [5, 5.41) is 12.7. The molecular weight excluding hydrogens is 438 g/mol. The number of hydrogen-bond donors (Lipinski definition) is 2. The van der Waals surface area contributed by atoms with Gasteiger partial charge in [-0.05, 0) is 57.8 Å². The van der Waals surface area contributed by atoms with E-state index in [2.05, 4.69) is 15.7 Å². The first kappa shape index (κ1) is 24.6. The normalized spacial score (nSPS) is 34.3. The average molecular weight is 476 g/mol. The first-order valence-electron chi connectivity index (χ1n) is 12.5. The molecule has 2 aliphatic carbocycles. The molecule has 4 rings (SSSR count). The molecule has 188 valence electrons. The topological polar surface area (TPSA) is 120 Å². The second kappa shape index (κ2) is 10.4. The maximum atomic E-state index is 13.0. The van der Waals surface area contributed by atoms with Crippen molar-refractivity contribution in [2.24, 2.45) is 16.9 Å². The largest absolute Gasteiger partial charge is 0.469 e. The molecule has 2 N–H and O–H groups in total. The number of ether oxygens (including phenoxy) is 1. The van der Waals surface area contributed by atoms with Crippen LogP contribution in [-0.2, 0) is 23.9 Å². The molecule has 0 radical (unpaired) electrons. The number of fused-ring (bicyclic) bond motifs is 1. The van der Waals surface area contributed by atoms with E-state index < -0.39 is 12.0 Å². The monoisotopic (exact) mass is 475 g/mol. The Morgan fingerprint density at radius 2 is 1.88 bits per heavy atom. The van der Waals surface area contributed by atoms with E-state index in [1.165, 1.54) is 7.11 Å². The van der Waals surface area contributed by atoms with Crippen molar-refractivity contribution in [2.45, 2.75) is 88.9 Å². The van der Waals surface area contributed by atoms with Gasteiger partial charge in [0.15, 0.2) is 0 Å². The quantitative estimate of drug-likeness (QED) is 0.568. The third kappa shape index (κ3) is 5.42. The summed E-state index contributed by atoms with van der Waals surface area (Å²) in [5.74, 6) is -0.102. The smallest absolute Gasteiger partial charge is 0.307 e. The molecule has 2 aliphatic heterocycles. The number of esters is 1. The van der Waals surface area contributed by atoms with Gasteiger partial charge in [-0.2, -0.15) is 5.10 Å². The molecule has 10 nitrogen and oxygen atoms in total. The van der Waals surface area contributed by atoms with Gasteiger partial charge < -0.3 is 20.3 Å². The standard InChI is InChI=1S/C24H37N5O5/c1-14-10-21(30)29(27-14)18-8-5-15(6-9-18)23(32)25-17-7-4-16-13-28(2)24(33)20(12-22(31)34-3)26-19(16)11-17/h15-20,26H,4-13H2,1-3H3,(H,25,32). The van der Waals surface area contributed by atoms with E-state index >= 15 is 0 Å². The van der Waals surface area contributed by atoms with Crippen LogP contribution >= 0.6 is 0 Å². The Morgan fingerprint density at radius 3 is 2.53 bits per heavy atom. The Kier molecular flexibility index (Phi) is 7.54. The van der Waals surface area contributed by atoms with Gasteiger partial charge in [-0.25, -0.2) is 5.01 Å². The number of hydrazone groups is 1. The Hall–Kier alpha value is -2.49. The highest BCUT2D eigenvalue weighted by Gasteiger charge is 2.40. The molecule has 0 spiro atoms. The number of rotatable bonds is 5. The van der Waals surface area contributed by atoms with Crippen molar-refractivity contribution >= 4 is 29.4 Å². The van der Waals surface area contributed by atoms with Crippen molar-refractivity contribution in [3.8, 4) is 0 Å². The molecule has 3 fully saturated rings. The molecule has 3 amide bonds. The molecule has 4 atom stereocenters. The first-order valence-corrected chi connectivity index (χ1v) is 12.5. The number of methoxy groups -OCH3 is 1. The lowest BCUT2D eigenvalue weighted by molar-refractivity contribution is -0.144. The van der Waals surface area contributed by atoms with Crippen molar-refractivity contribution in [3.63, 3.8) is 0 Å². The maximum Gasteiger partial charge on any atom is 0.307 e. The van der Waals surface area contributed by atoms with Crippen LogP contribution in [-0.4, -0.2) is 84.2 Å². The van der Waals surface area contributed by atoms with Crippen LogP contribution in [0.3, 0.4) is 0 Å². The Morgan fingerprint density at radius 1 is 1.15 bits per heavy atom. The Bertz CT molecular complexity index is 853.